The molecule has 0 aliphatic heterocycles. The van der Waals surface area contributed by atoms with Crippen molar-refractivity contribution in [1.82, 2.24) is 4.98 Å². The Balaban J connectivity index is 2.45. The second-order valence-electron chi connectivity index (χ2n) is 4.13. The largest absolute Gasteiger partial charge is 0.416 e. The number of H-pyrrole nitrogens is 1. The number of aliphatic hydroxyl groups excluding tert-OH is 1. The molecule has 1 atom stereocenters. The number of benzene rings is 1. The molecule has 92 valence electrons. The van der Waals surface area contributed by atoms with Crippen LogP contribution < -0.4 is 0 Å². The fourth-order valence-electron chi connectivity index (χ4n) is 1.85. The molecule has 2 N–H and O–H groups in total. The molecule has 0 amide bonds. The summed E-state index contributed by atoms with van der Waals surface area (Å²) in [6, 6.07) is 3.58. The third-order valence-corrected chi connectivity index (χ3v) is 2.61. The smallest absolute Gasteiger partial charge is 0.393 e. The van der Waals surface area contributed by atoms with Crippen molar-refractivity contribution in [3.05, 3.63) is 35.5 Å². The highest BCUT2D eigenvalue weighted by Gasteiger charge is 2.30. The summed E-state index contributed by atoms with van der Waals surface area (Å²) in [5.74, 6) is 0. The number of rotatable bonds is 2. The van der Waals surface area contributed by atoms with Crippen LogP contribution in [0, 0.1) is 0 Å². The molecule has 2 nitrogen and oxygen atoms in total. The predicted octanol–water partition coefficient (Wildman–Crippen LogP) is 3.11. The molecule has 0 fully saturated rings. The molecule has 0 aliphatic rings. The van der Waals surface area contributed by atoms with Crippen LogP contribution in [0.3, 0.4) is 0 Å². The van der Waals surface area contributed by atoms with E-state index < -0.39 is 17.8 Å². The van der Waals surface area contributed by atoms with Crippen molar-refractivity contribution in [2.75, 3.05) is 0 Å². The van der Waals surface area contributed by atoms with Crippen LogP contribution in [0.2, 0.25) is 0 Å². The second-order valence-corrected chi connectivity index (χ2v) is 4.13. The van der Waals surface area contributed by atoms with Crippen LogP contribution in [0.25, 0.3) is 10.9 Å². The molecule has 0 saturated carbocycles. The van der Waals surface area contributed by atoms with Crippen molar-refractivity contribution in [2.45, 2.75) is 25.6 Å². The fourth-order valence-corrected chi connectivity index (χ4v) is 1.85. The third-order valence-electron chi connectivity index (χ3n) is 2.61. The molecule has 0 spiro atoms. The van der Waals surface area contributed by atoms with Crippen molar-refractivity contribution in [3.63, 3.8) is 0 Å². The minimum absolute atomic E-state index is 0.422. The molecular formula is C12H12F3NO. The standard InChI is InChI=1S/C12H12F3NO/c1-7(17)4-8-6-16-11-5-9(12(13,14)15)2-3-10(8)11/h2-3,5-7,16-17H,4H2,1H3. The van der Waals surface area contributed by atoms with Crippen molar-refractivity contribution in [1.29, 1.82) is 0 Å². The molecular weight excluding hydrogens is 231 g/mol. The van der Waals surface area contributed by atoms with Gasteiger partial charge in [-0.15, -0.1) is 0 Å². The lowest BCUT2D eigenvalue weighted by molar-refractivity contribution is -0.137. The number of fused-ring (bicyclic) bond motifs is 1. The van der Waals surface area contributed by atoms with Crippen LogP contribution in [-0.4, -0.2) is 16.2 Å². The van der Waals surface area contributed by atoms with Crippen molar-refractivity contribution in [2.24, 2.45) is 0 Å². The lowest BCUT2D eigenvalue weighted by Crippen LogP contribution is -2.05. The van der Waals surface area contributed by atoms with Crippen molar-refractivity contribution < 1.29 is 18.3 Å². The van der Waals surface area contributed by atoms with Gasteiger partial charge in [0.1, 0.15) is 0 Å². The Morgan fingerprint density at radius 3 is 2.65 bits per heavy atom. The Morgan fingerprint density at radius 2 is 2.06 bits per heavy atom. The molecule has 2 rings (SSSR count). The van der Waals surface area contributed by atoms with E-state index in [1.807, 2.05) is 0 Å². The highest BCUT2D eigenvalue weighted by molar-refractivity contribution is 5.84. The van der Waals surface area contributed by atoms with Gasteiger partial charge in [0.2, 0.25) is 0 Å². The molecule has 1 aromatic carbocycles. The van der Waals surface area contributed by atoms with E-state index in [0.717, 1.165) is 23.1 Å². The number of aliphatic hydroxyl groups is 1. The van der Waals surface area contributed by atoms with Gasteiger partial charge in [-0.3, -0.25) is 0 Å². The molecule has 17 heavy (non-hydrogen) atoms. The highest BCUT2D eigenvalue weighted by atomic mass is 19.4. The Kier molecular flexibility index (Phi) is 2.87. The summed E-state index contributed by atoms with van der Waals surface area (Å²) >= 11 is 0. The summed E-state index contributed by atoms with van der Waals surface area (Å²) in [6.07, 6.45) is -2.79. The molecule has 5 heteroatoms. The first-order chi connectivity index (χ1) is 7.88. The molecule has 2 aromatic rings. The first-order valence-electron chi connectivity index (χ1n) is 5.23. The van der Waals surface area contributed by atoms with E-state index in [4.69, 9.17) is 0 Å². The van der Waals surface area contributed by atoms with Crippen LogP contribution in [0.15, 0.2) is 24.4 Å². The summed E-state index contributed by atoms with van der Waals surface area (Å²) < 4.78 is 37.4. The van der Waals surface area contributed by atoms with E-state index in [0.29, 0.717) is 11.9 Å². The zero-order valence-electron chi connectivity index (χ0n) is 9.17. The number of aromatic nitrogens is 1. The maximum Gasteiger partial charge on any atom is 0.416 e. The predicted molar refractivity (Wildman–Crippen MR) is 58.7 cm³/mol. The molecule has 0 radical (unpaired) electrons. The highest BCUT2D eigenvalue weighted by Crippen LogP contribution is 2.32. The first-order valence-corrected chi connectivity index (χ1v) is 5.23. The first kappa shape index (κ1) is 12.0. The summed E-state index contributed by atoms with van der Waals surface area (Å²) in [6.45, 7) is 1.64. The Bertz CT molecular complexity index is 528. The Labute approximate surface area is 96.1 Å². The summed E-state index contributed by atoms with van der Waals surface area (Å²) in [5.41, 5.74) is 0.592. The summed E-state index contributed by atoms with van der Waals surface area (Å²) in [7, 11) is 0. The summed E-state index contributed by atoms with van der Waals surface area (Å²) in [4.78, 5) is 2.79. The SMILES string of the molecule is CC(O)Cc1c[nH]c2cc(C(F)(F)F)ccc12. The Morgan fingerprint density at radius 1 is 1.35 bits per heavy atom. The number of halogens is 3. The molecule has 0 aliphatic carbocycles. The lowest BCUT2D eigenvalue weighted by atomic mass is 10.1. The summed E-state index contributed by atoms with van der Waals surface area (Å²) in [5, 5.41) is 9.99. The zero-order chi connectivity index (χ0) is 12.6. The van der Waals surface area contributed by atoms with E-state index >= 15 is 0 Å². The average Bonchev–Trinajstić information content (AvgIpc) is 2.59. The molecule has 0 bridgehead atoms. The van der Waals surface area contributed by atoms with E-state index in [1.165, 1.54) is 6.07 Å². The van der Waals surface area contributed by atoms with Crippen molar-refractivity contribution in [3.8, 4) is 0 Å². The van der Waals surface area contributed by atoms with E-state index in [1.54, 1.807) is 13.1 Å². The van der Waals surface area contributed by atoms with Gasteiger partial charge in [0.05, 0.1) is 11.7 Å². The molecule has 1 unspecified atom stereocenters. The van der Waals surface area contributed by atoms with E-state index in [9.17, 15) is 18.3 Å². The van der Waals surface area contributed by atoms with Gasteiger partial charge in [-0.2, -0.15) is 13.2 Å². The zero-order valence-corrected chi connectivity index (χ0v) is 9.17. The number of hydrogen-bond donors (Lipinski definition) is 2. The lowest BCUT2D eigenvalue weighted by Gasteiger charge is -2.07. The maximum atomic E-state index is 12.5. The van der Waals surface area contributed by atoms with Gasteiger partial charge >= 0.3 is 6.18 Å². The second kappa shape index (κ2) is 4.07. The number of hydrogen-bond acceptors (Lipinski definition) is 1. The van der Waals surface area contributed by atoms with Gasteiger partial charge in [0, 0.05) is 23.5 Å². The van der Waals surface area contributed by atoms with Crippen molar-refractivity contribution >= 4 is 10.9 Å². The van der Waals surface area contributed by atoms with Gasteiger partial charge in [0.25, 0.3) is 0 Å². The molecule has 0 saturated heterocycles. The van der Waals surface area contributed by atoms with E-state index in [-0.39, 0.29) is 0 Å². The minimum atomic E-state index is -4.33. The van der Waals surface area contributed by atoms with E-state index in [2.05, 4.69) is 4.98 Å². The number of nitrogens with one attached hydrogen (secondary N) is 1. The van der Waals surface area contributed by atoms with Gasteiger partial charge in [-0.1, -0.05) is 6.07 Å². The van der Waals surface area contributed by atoms with Gasteiger partial charge in [-0.25, -0.2) is 0 Å². The molecule has 1 heterocycles. The third kappa shape index (κ3) is 2.44. The minimum Gasteiger partial charge on any atom is -0.393 e. The van der Waals surface area contributed by atoms with Crippen LogP contribution in [-0.2, 0) is 12.6 Å². The van der Waals surface area contributed by atoms with Crippen LogP contribution in [0.4, 0.5) is 13.2 Å². The Hall–Kier alpha value is -1.49. The quantitative estimate of drug-likeness (QED) is 0.835. The molecule has 1 aromatic heterocycles. The number of alkyl halides is 3. The van der Waals surface area contributed by atoms with Crippen LogP contribution in [0.1, 0.15) is 18.1 Å². The maximum absolute atomic E-state index is 12.5. The van der Waals surface area contributed by atoms with Crippen LogP contribution in [0.5, 0.6) is 0 Å². The monoisotopic (exact) mass is 243 g/mol. The average molecular weight is 243 g/mol. The van der Waals surface area contributed by atoms with Gasteiger partial charge in [-0.05, 0) is 24.6 Å². The normalized spacial score (nSPS) is 14.2. The topological polar surface area (TPSA) is 36.0 Å². The fraction of sp³-hybridized carbons (Fsp3) is 0.333. The number of aromatic amines is 1. The van der Waals surface area contributed by atoms with Gasteiger partial charge < -0.3 is 10.1 Å². The van der Waals surface area contributed by atoms with Crippen LogP contribution >= 0.6 is 0 Å². The van der Waals surface area contributed by atoms with Gasteiger partial charge in [0.15, 0.2) is 0 Å².